The number of hydrogen-bond acceptors (Lipinski definition) is 3. The fourth-order valence-electron chi connectivity index (χ4n) is 2.27. The number of aryl methyl sites for hydroxylation is 1. The van der Waals surface area contributed by atoms with Crippen LogP contribution in [0.25, 0.3) is 5.69 Å². The van der Waals surface area contributed by atoms with Crippen LogP contribution >= 0.6 is 11.6 Å². The van der Waals surface area contributed by atoms with E-state index in [9.17, 15) is 12.8 Å². The van der Waals surface area contributed by atoms with Crippen molar-refractivity contribution in [1.29, 1.82) is 0 Å². The van der Waals surface area contributed by atoms with E-state index in [0.29, 0.717) is 16.3 Å². The molecule has 24 heavy (non-hydrogen) atoms. The molecule has 0 radical (unpaired) electrons. The van der Waals surface area contributed by atoms with Gasteiger partial charge < -0.3 is 0 Å². The van der Waals surface area contributed by atoms with Crippen molar-refractivity contribution in [2.75, 3.05) is 4.72 Å². The van der Waals surface area contributed by atoms with Gasteiger partial charge in [-0.2, -0.15) is 5.10 Å². The number of para-hydroxylation sites is 1. The molecule has 0 saturated carbocycles. The summed E-state index contributed by atoms with van der Waals surface area (Å²) in [7, 11) is -3.84. The minimum Gasteiger partial charge on any atom is -0.276 e. The number of rotatable bonds is 4. The Morgan fingerprint density at radius 3 is 2.67 bits per heavy atom. The van der Waals surface area contributed by atoms with E-state index in [1.54, 1.807) is 24.3 Å². The maximum Gasteiger partial charge on any atom is 0.262 e. The van der Waals surface area contributed by atoms with E-state index in [-0.39, 0.29) is 10.6 Å². The van der Waals surface area contributed by atoms with Crippen LogP contribution < -0.4 is 4.72 Å². The molecule has 0 bridgehead atoms. The second kappa shape index (κ2) is 6.26. The van der Waals surface area contributed by atoms with Crippen LogP contribution in [0.2, 0.25) is 5.02 Å². The van der Waals surface area contributed by atoms with Gasteiger partial charge in [-0.05, 0) is 42.8 Å². The molecule has 0 amide bonds. The van der Waals surface area contributed by atoms with Crippen molar-refractivity contribution in [1.82, 2.24) is 9.78 Å². The van der Waals surface area contributed by atoms with Gasteiger partial charge in [0.15, 0.2) is 0 Å². The smallest absolute Gasteiger partial charge is 0.262 e. The summed E-state index contributed by atoms with van der Waals surface area (Å²) in [5, 5.41) is 4.60. The predicted octanol–water partition coefficient (Wildman–Crippen LogP) is 3.77. The average Bonchev–Trinajstić information content (AvgIpc) is 2.94. The topological polar surface area (TPSA) is 64.0 Å². The third-order valence-corrected chi connectivity index (χ3v) is 5.22. The number of hydrogen-bond donors (Lipinski definition) is 1. The Balaban J connectivity index is 1.90. The fourth-order valence-corrected chi connectivity index (χ4v) is 3.75. The summed E-state index contributed by atoms with van der Waals surface area (Å²) in [5.41, 5.74) is 1.22. The summed E-state index contributed by atoms with van der Waals surface area (Å²) in [6.07, 6.45) is 2.89. The molecule has 3 aromatic rings. The summed E-state index contributed by atoms with van der Waals surface area (Å²) in [6.45, 7) is 1.53. The van der Waals surface area contributed by atoms with Crippen molar-refractivity contribution in [3.8, 4) is 5.69 Å². The molecular weight excluding hydrogens is 353 g/mol. The lowest BCUT2D eigenvalue weighted by molar-refractivity contribution is 0.598. The molecule has 5 nitrogen and oxygen atoms in total. The Morgan fingerprint density at radius 2 is 1.96 bits per heavy atom. The van der Waals surface area contributed by atoms with Gasteiger partial charge in [-0.15, -0.1) is 0 Å². The summed E-state index contributed by atoms with van der Waals surface area (Å²) in [4.78, 5) is 0.00870. The number of anilines is 1. The molecule has 0 atom stereocenters. The highest BCUT2D eigenvalue weighted by Crippen LogP contribution is 2.23. The van der Waals surface area contributed by atoms with Gasteiger partial charge in [-0.3, -0.25) is 4.72 Å². The SMILES string of the molecule is Cc1cc(F)ccc1S(=O)(=O)Nc1cnn(-c2ccccc2Cl)c1. The standard InChI is InChI=1S/C16H13ClFN3O2S/c1-11-8-12(18)6-7-16(11)24(22,23)20-13-9-19-21(10-13)15-5-3-2-4-14(15)17/h2-10,20H,1H3. The number of halogens is 2. The average molecular weight is 366 g/mol. The molecule has 2 aromatic carbocycles. The van der Waals surface area contributed by atoms with Crippen LogP contribution in [0.4, 0.5) is 10.1 Å². The lowest BCUT2D eigenvalue weighted by Gasteiger charge is -2.08. The van der Waals surface area contributed by atoms with Crippen molar-refractivity contribution < 1.29 is 12.8 Å². The van der Waals surface area contributed by atoms with Crippen LogP contribution in [0, 0.1) is 12.7 Å². The molecule has 1 heterocycles. The maximum atomic E-state index is 13.2. The minimum atomic E-state index is -3.84. The number of aromatic nitrogens is 2. The first-order valence-electron chi connectivity index (χ1n) is 6.95. The van der Waals surface area contributed by atoms with Gasteiger partial charge in [0, 0.05) is 0 Å². The van der Waals surface area contributed by atoms with Crippen molar-refractivity contribution in [3.63, 3.8) is 0 Å². The Morgan fingerprint density at radius 1 is 1.21 bits per heavy atom. The number of nitrogens with one attached hydrogen (secondary N) is 1. The monoisotopic (exact) mass is 365 g/mol. The van der Waals surface area contributed by atoms with E-state index in [4.69, 9.17) is 11.6 Å². The molecule has 8 heteroatoms. The first kappa shape index (κ1) is 16.5. The van der Waals surface area contributed by atoms with E-state index in [2.05, 4.69) is 9.82 Å². The van der Waals surface area contributed by atoms with Crippen LogP contribution in [0.15, 0.2) is 59.8 Å². The first-order chi connectivity index (χ1) is 11.4. The normalized spacial score (nSPS) is 11.5. The van der Waals surface area contributed by atoms with Gasteiger partial charge in [0.05, 0.1) is 33.7 Å². The molecule has 0 fully saturated rings. The van der Waals surface area contributed by atoms with Gasteiger partial charge in [0.1, 0.15) is 5.82 Å². The molecule has 3 rings (SSSR count). The van der Waals surface area contributed by atoms with Crippen LogP contribution in [0.3, 0.4) is 0 Å². The van der Waals surface area contributed by atoms with Crippen LogP contribution in [-0.4, -0.2) is 18.2 Å². The Bertz CT molecular complexity index is 1000. The highest BCUT2D eigenvalue weighted by molar-refractivity contribution is 7.92. The van der Waals surface area contributed by atoms with Gasteiger partial charge in [0.2, 0.25) is 0 Å². The zero-order chi connectivity index (χ0) is 17.3. The Labute approximate surface area is 143 Å². The van der Waals surface area contributed by atoms with Gasteiger partial charge in [0.25, 0.3) is 10.0 Å². The van der Waals surface area contributed by atoms with E-state index < -0.39 is 15.8 Å². The third kappa shape index (κ3) is 3.27. The van der Waals surface area contributed by atoms with E-state index in [1.165, 1.54) is 36.1 Å². The van der Waals surface area contributed by atoms with Crippen molar-refractivity contribution >= 4 is 27.3 Å². The Hall–Kier alpha value is -2.38. The fraction of sp³-hybridized carbons (Fsp3) is 0.0625. The molecule has 124 valence electrons. The summed E-state index contributed by atoms with van der Waals surface area (Å²) >= 11 is 6.10. The highest BCUT2D eigenvalue weighted by Gasteiger charge is 2.18. The van der Waals surface area contributed by atoms with Gasteiger partial charge in [-0.1, -0.05) is 23.7 Å². The third-order valence-electron chi connectivity index (χ3n) is 3.36. The predicted molar refractivity (Wildman–Crippen MR) is 90.5 cm³/mol. The Kier molecular flexibility index (Phi) is 4.29. The summed E-state index contributed by atoms with van der Waals surface area (Å²) < 4.78 is 41.9. The van der Waals surface area contributed by atoms with Crippen molar-refractivity contribution in [2.45, 2.75) is 11.8 Å². The van der Waals surface area contributed by atoms with Crippen molar-refractivity contribution in [3.05, 3.63) is 71.3 Å². The first-order valence-corrected chi connectivity index (χ1v) is 8.81. The zero-order valence-electron chi connectivity index (χ0n) is 12.6. The second-order valence-electron chi connectivity index (χ2n) is 5.14. The number of sulfonamides is 1. The maximum absolute atomic E-state index is 13.2. The molecule has 0 aliphatic carbocycles. The summed E-state index contributed by atoms with van der Waals surface area (Å²) in [6, 6.07) is 10.6. The second-order valence-corrected chi connectivity index (χ2v) is 7.20. The molecule has 1 aromatic heterocycles. The largest absolute Gasteiger partial charge is 0.276 e. The van der Waals surface area contributed by atoms with E-state index in [1.807, 2.05) is 0 Å². The minimum absolute atomic E-state index is 0.00870. The highest BCUT2D eigenvalue weighted by atomic mass is 35.5. The molecule has 0 unspecified atom stereocenters. The molecule has 0 aliphatic rings. The van der Waals surface area contributed by atoms with Crippen molar-refractivity contribution in [2.24, 2.45) is 0 Å². The molecule has 0 spiro atoms. The van der Waals surface area contributed by atoms with E-state index in [0.717, 1.165) is 6.07 Å². The lowest BCUT2D eigenvalue weighted by Crippen LogP contribution is -2.14. The molecule has 0 aliphatic heterocycles. The zero-order valence-corrected chi connectivity index (χ0v) is 14.1. The number of benzene rings is 2. The van der Waals surface area contributed by atoms with Crippen LogP contribution in [0.1, 0.15) is 5.56 Å². The molecule has 1 N–H and O–H groups in total. The van der Waals surface area contributed by atoms with Crippen LogP contribution in [-0.2, 0) is 10.0 Å². The van der Waals surface area contributed by atoms with Gasteiger partial charge >= 0.3 is 0 Å². The molecule has 0 saturated heterocycles. The number of nitrogens with zero attached hydrogens (tertiary/aromatic N) is 2. The van der Waals surface area contributed by atoms with Gasteiger partial charge in [-0.25, -0.2) is 17.5 Å². The quantitative estimate of drug-likeness (QED) is 0.765. The lowest BCUT2D eigenvalue weighted by atomic mass is 10.2. The summed E-state index contributed by atoms with van der Waals surface area (Å²) in [5.74, 6) is -0.488. The van der Waals surface area contributed by atoms with E-state index >= 15 is 0 Å². The molecular formula is C16H13ClFN3O2S. The van der Waals surface area contributed by atoms with Crippen LogP contribution in [0.5, 0.6) is 0 Å².